The number of aliphatic hydroxyl groups is 3. The van der Waals surface area contributed by atoms with Crippen LogP contribution in [0.25, 0.3) is 0 Å². The summed E-state index contributed by atoms with van der Waals surface area (Å²) in [6.07, 6.45) is 7.40. The molecule has 64 heavy (non-hydrogen) atoms. The summed E-state index contributed by atoms with van der Waals surface area (Å²) in [4.78, 5) is 37.8. The predicted molar refractivity (Wildman–Crippen MR) is 241 cm³/mol. The van der Waals surface area contributed by atoms with Crippen LogP contribution in [0.4, 0.5) is 13.2 Å². The standard InChI is InChI=1S/C25H31F3O5S.C25H37NO4/c1-5-20(31)33-25(21(32)34-12-26)13(2)8-15-16-10-18(27)17-9-14(29)6-7-22(17,3)24(16,28)19(30)11-23(15,25)4;27-20-23-18-22(13-14-24(23)28)25(29)19-26-15-7-1-2-8-16-30-17-9-6-12-21-10-4-3-5-11-21/h6-7,9,13,15-16,18-19,30H,5,8,10-12H2,1-4H3;3-5,10-11,13-14,18,25-29H,1-2,6-9,12,15-17,19-20H2/t13-,15+,16-,18+,19+,22-,23-,24+,25+;/m1./s1. The highest BCUT2D eigenvalue weighted by Gasteiger charge is 2.78. The maximum absolute atomic E-state index is 17.2. The molecular weight excluding hydrogens is 848 g/mol. The molecule has 0 radical (unpaired) electrons. The molecule has 14 heteroatoms. The van der Waals surface area contributed by atoms with Gasteiger partial charge >= 0.3 is 5.97 Å². The summed E-state index contributed by atoms with van der Waals surface area (Å²) in [5.41, 5.74) is -4.31. The number of nitrogens with one attached hydrogen (secondary N) is 1. The van der Waals surface area contributed by atoms with Gasteiger partial charge in [-0.25, -0.2) is 13.2 Å². The van der Waals surface area contributed by atoms with Crippen molar-refractivity contribution in [2.45, 2.75) is 135 Å². The van der Waals surface area contributed by atoms with Gasteiger partial charge in [-0.1, -0.05) is 76.1 Å². The van der Waals surface area contributed by atoms with Crippen molar-refractivity contribution in [1.82, 2.24) is 5.32 Å². The van der Waals surface area contributed by atoms with Gasteiger partial charge in [0.2, 0.25) is 5.12 Å². The predicted octanol–water partition coefficient (Wildman–Crippen LogP) is 8.54. The van der Waals surface area contributed by atoms with E-state index in [9.17, 15) is 39.2 Å². The lowest BCUT2D eigenvalue weighted by Crippen LogP contribution is -2.70. The normalized spacial score (nSPS) is 30.9. The van der Waals surface area contributed by atoms with Gasteiger partial charge in [-0.3, -0.25) is 14.4 Å². The minimum Gasteiger partial charge on any atom is -0.508 e. The minimum atomic E-state index is -2.30. The van der Waals surface area contributed by atoms with Gasteiger partial charge in [-0.15, -0.1) is 0 Å². The van der Waals surface area contributed by atoms with Crippen molar-refractivity contribution in [3.63, 3.8) is 0 Å². The van der Waals surface area contributed by atoms with Crippen molar-refractivity contribution in [2.75, 3.05) is 32.3 Å². The lowest BCUT2D eigenvalue weighted by Gasteiger charge is -2.63. The second kappa shape index (κ2) is 22.8. The van der Waals surface area contributed by atoms with Crippen LogP contribution in [0.15, 0.2) is 72.3 Å². The number of phenols is 1. The number of fused-ring (bicyclic) bond motifs is 5. The number of aromatic hydroxyl groups is 1. The summed E-state index contributed by atoms with van der Waals surface area (Å²) < 4.78 is 57.6. The monoisotopic (exact) mass is 915 g/mol. The Morgan fingerprint density at radius 1 is 1.00 bits per heavy atom. The number of hydrogen-bond acceptors (Lipinski definition) is 11. The number of ketones is 1. The molecule has 3 fully saturated rings. The van der Waals surface area contributed by atoms with Gasteiger partial charge in [0, 0.05) is 54.4 Å². The fourth-order valence-corrected chi connectivity index (χ4v) is 11.8. The second-order valence-electron chi connectivity index (χ2n) is 18.3. The fraction of sp³-hybridized carbons (Fsp3) is 0.620. The van der Waals surface area contributed by atoms with Crippen molar-refractivity contribution in [1.29, 1.82) is 0 Å². The number of unbranched alkanes of at least 4 members (excludes halogenated alkanes) is 4. The number of esters is 1. The van der Waals surface area contributed by atoms with E-state index in [1.807, 2.05) is 0 Å². The van der Waals surface area contributed by atoms with Gasteiger partial charge in [0.1, 0.15) is 17.9 Å². The lowest BCUT2D eigenvalue weighted by molar-refractivity contribution is -0.228. The zero-order chi connectivity index (χ0) is 46.7. The molecule has 2 aromatic carbocycles. The summed E-state index contributed by atoms with van der Waals surface area (Å²) in [7, 11) is 0. The van der Waals surface area contributed by atoms with E-state index in [1.165, 1.54) is 37.1 Å². The SMILES string of the molecule is CCC(=O)O[C@]1(C(=O)SCF)[C@H](C)C[C@H]2[C@H]3C[C@H](F)C4=CC(=O)C=C[C@@]4(C)[C@@]3(F)[C@@H](O)C[C@]21C.OCc1cc(C(O)CNCCCCCCOCCCCc2ccccc2)ccc1O. The first-order valence-corrected chi connectivity index (χ1v) is 23.9. The molecule has 2 aromatic rings. The number of benzene rings is 2. The molecule has 0 amide bonds. The van der Waals surface area contributed by atoms with E-state index in [2.05, 4.69) is 35.6 Å². The Bertz CT molecular complexity index is 1950. The molecular formula is C50H68F3NO9S. The lowest BCUT2D eigenvalue weighted by atomic mass is 9.44. The maximum Gasteiger partial charge on any atom is 0.306 e. The smallest absolute Gasteiger partial charge is 0.306 e. The van der Waals surface area contributed by atoms with Crippen LogP contribution in [-0.2, 0) is 36.9 Å². The molecule has 0 heterocycles. The molecule has 354 valence electrons. The average Bonchev–Trinajstić information content (AvgIpc) is 3.49. The molecule has 6 rings (SSSR count). The zero-order valence-corrected chi connectivity index (χ0v) is 38.5. The van der Waals surface area contributed by atoms with Crippen LogP contribution in [-0.4, -0.2) is 93.1 Å². The van der Waals surface area contributed by atoms with Gasteiger partial charge in [0.05, 0.1) is 18.8 Å². The van der Waals surface area contributed by atoms with Crippen molar-refractivity contribution >= 4 is 28.6 Å². The second-order valence-corrected chi connectivity index (χ2v) is 19.2. The van der Waals surface area contributed by atoms with Crippen LogP contribution in [0.2, 0.25) is 0 Å². The molecule has 3 saturated carbocycles. The molecule has 0 bridgehead atoms. The van der Waals surface area contributed by atoms with Crippen molar-refractivity contribution < 1.29 is 57.5 Å². The number of hydrogen-bond donors (Lipinski definition) is 5. The Hall–Kier alpha value is -3.53. The van der Waals surface area contributed by atoms with Gasteiger partial charge in [0.25, 0.3) is 0 Å². The highest BCUT2D eigenvalue weighted by atomic mass is 32.2. The zero-order valence-electron chi connectivity index (χ0n) is 37.7. The molecule has 0 saturated heterocycles. The van der Waals surface area contributed by atoms with Crippen LogP contribution >= 0.6 is 11.8 Å². The molecule has 4 aliphatic rings. The highest BCUT2D eigenvalue weighted by Crippen LogP contribution is 2.72. The number of alkyl halides is 3. The highest BCUT2D eigenvalue weighted by molar-refractivity contribution is 8.13. The van der Waals surface area contributed by atoms with E-state index in [1.54, 1.807) is 32.9 Å². The summed E-state index contributed by atoms with van der Waals surface area (Å²) in [6, 6.07) is 14.4. The third kappa shape index (κ3) is 10.7. The van der Waals surface area contributed by atoms with Crippen LogP contribution in [0.1, 0.15) is 115 Å². The Balaban J connectivity index is 0.000000243. The van der Waals surface area contributed by atoms with E-state index in [4.69, 9.17) is 9.47 Å². The van der Waals surface area contributed by atoms with E-state index < -0.39 is 81.1 Å². The number of aliphatic hydroxyl groups excluding tert-OH is 3. The average molecular weight is 916 g/mol. The summed E-state index contributed by atoms with van der Waals surface area (Å²) in [6.45, 7) is 9.22. The van der Waals surface area contributed by atoms with Gasteiger partial charge < -0.3 is 35.2 Å². The number of carbonyl (C=O) groups excluding carboxylic acids is 3. The van der Waals surface area contributed by atoms with E-state index in [0.717, 1.165) is 64.4 Å². The van der Waals surface area contributed by atoms with Gasteiger partial charge in [-0.2, -0.15) is 0 Å². The van der Waals surface area contributed by atoms with Gasteiger partial charge in [-0.05, 0) is 123 Å². The number of halogens is 3. The third-order valence-corrected chi connectivity index (χ3v) is 15.1. The molecule has 10 nitrogen and oxygen atoms in total. The first-order chi connectivity index (χ1) is 30.5. The van der Waals surface area contributed by atoms with Gasteiger partial charge in [0.15, 0.2) is 17.1 Å². The quantitative estimate of drug-likeness (QED) is 0.0640. The van der Waals surface area contributed by atoms with Crippen molar-refractivity contribution in [2.24, 2.45) is 28.6 Å². The number of ether oxygens (including phenoxy) is 2. The maximum atomic E-state index is 17.2. The molecule has 10 atom stereocenters. The molecule has 1 unspecified atom stereocenters. The first kappa shape index (κ1) is 51.5. The Labute approximate surface area is 380 Å². The number of rotatable bonds is 20. The van der Waals surface area contributed by atoms with Crippen LogP contribution in [0.3, 0.4) is 0 Å². The van der Waals surface area contributed by atoms with Crippen molar-refractivity contribution in [3.8, 4) is 5.75 Å². The topological polar surface area (TPSA) is 163 Å². The van der Waals surface area contributed by atoms with Crippen LogP contribution < -0.4 is 5.32 Å². The summed E-state index contributed by atoms with van der Waals surface area (Å²) in [5.74, 6) is -3.24. The van der Waals surface area contributed by atoms with E-state index in [0.29, 0.717) is 29.4 Å². The van der Waals surface area contributed by atoms with E-state index in [-0.39, 0.29) is 43.6 Å². The van der Waals surface area contributed by atoms with Crippen molar-refractivity contribution in [3.05, 3.63) is 89.0 Å². The summed E-state index contributed by atoms with van der Waals surface area (Å²) in [5, 5.41) is 43.0. The minimum absolute atomic E-state index is 0.0141. The number of aryl methyl sites for hydroxylation is 1. The Morgan fingerprint density at radius 2 is 1.70 bits per heavy atom. The Morgan fingerprint density at radius 3 is 2.39 bits per heavy atom. The van der Waals surface area contributed by atoms with E-state index >= 15 is 8.78 Å². The molecule has 4 aliphatic carbocycles. The van der Waals surface area contributed by atoms with Crippen LogP contribution in [0, 0.1) is 28.6 Å². The third-order valence-electron chi connectivity index (χ3n) is 14.5. The number of allylic oxidation sites excluding steroid dienone is 4. The van der Waals surface area contributed by atoms with Crippen LogP contribution in [0.5, 0.6) is 5.75 Å². The molecule has 0 aromatic heterocycles. The summed E-state index contributed by atoms with van der Waals surface area (Å²) >= 11 is 0.396. The number of carbonyl (C=O) groups is 3. The number of thioether (sulfide) groups is 1. The molecule has 5 N–H and O–H groups in total. The largest absolute Gasteiger partial charge is 0.508 e. The first-order valence-electron chi connectivity index (χ1n) is 22.9. The Kier molecular flexibility index (Phi) is 18.3. The fourth-order valence-electron chi connectivity index (χ4n) is 11.0. The molecule has 0 aliphatic heterocycles. The molecule has 0 spiro atoms.